The van der Waals surface area contributed by atoms with Crippen LogP contribution in [0.15, 0.2) is 71.6 Å². The monoisotopic (exact) mass is 478 g/mol. The predicted octanol–water partition coefficient (Wildman–Crippen LogP) is 4.83. The molecular weight excluding hydrogens is 463 g/mol. The maximum absolute atomic E-state index is 12.8. The molecule has 0 aromatic heterocycles. The summed E-state index contributed by atoms with van der Waals surface area (Å²) >= 11 is 12.3. The number of carbonyl (C=O) groups is 2. The smallest absolute Gasteiger partial charge is 0.337 e. The summed E-state index contributed by atoms with van der Waals surface area (Å²) in [5.41, 5.74) is 0.515. The number of halogens is 2. The van der Waals surface area contributed by atoms with E-state index in [-0.39, 0.29) is 37.4 Å². The molecule has 31 heavy (non-hydrogen) atoms. The standard InChI is InChI=1S/C21H16Cl2N2O5S/c1-30-21(27)13-7-9-18(23)19(11-13)24-20(26)16-12-14(8-10-17(16)22)25-31(28,29)15-5-3-2-4-6-15/h2-12,25H,1H3,(H,24,26). The minimum Gasteiger partial charge on any atom is -0.465 e. The van der Waals surface area contributed by atoms with Gasteiger partial charge in [-0.3, -0.25) is 9.52 Å². The predicted molar refractivity (Wildman–Crippen MR) is 119 cm³/mol. The number of nitrogens with one attached hydrogen (secondary N) is 2. The first-order chi connectivity index (χ1) is 14.7. The topological polar surface area (TPSA) is 102 Å². The minimum absolute atomic E-state index is 0.00876. The van der Waals surface area contributed by atoms with Crippen LogP contribution in [0.5, 0.6) is 0 Å². The third-order valence-corrected chi connectivity index (χ3v) is 6.21. The molecule has 0 bridgehead atoms. The number of methoxy groups -OCH3 is 1. The van der Waals surface area contributed by atoms with E-state index in [0.29, 0.717) is 0 Å². The van der Waals surface area contributed by atoms with E-state index in [9.17, 15) is 18.0 Å². The molecule has 0 aliphatic heterocycles. The number of benzene rings is 3. The molecule has 10 heteroatoms. The highest BCUT2D eigenvalue weighted by Gasteiger charge is 2.18. The highest BCUT2D eigenvalue weighted by molar-refractivity contribution is 7.92. The summed E-state index contributed by atoms with van der Waals surface area (Å²) in [6.45, 7) is 0. The molecule has 0 saturated heterocycles. The molecule has 3 aromatic carbocycles. The number of hydrogen-bond acceptors (Lipinski definition) is 5. The van der Waals surface area contributed by atoms with Crippen LogP contribution in [0.2, 0.25) is 10.0 Å². The van der Waals surface area contributed by atoms with Crippen LogP contribution < -0.4 is 10.0 Å². The van der Waals surface area contributed by atoms with Crippen molar-refractivity contribution < 1.29 is 22.7 Å². The molecule has 160 valence electrons. The number of rotatable bonds is 6. The maximum atomic E-state index is 12.8. The summed E-state index contributed by atoms with van der Waals surface area (Å²) in [5.74, 6) is -1.24. The first-order valence-electron chi connectivity index (χ1n) is 8.78. The Morgan fingerprint density at radius 1 is 0.903 bits per heavy atom. The van der Waals surface area contributed by atoms with E-state index in [1.165, 1.54) is 55.6 Å². The van der Waals surface area contributed by atoms with Crippen LogP contribution in [-0.2, 0) is 14.8 Å². The molecule has 3 rings (SSSR count). The van der Waals surface area contributed by atoms with Crippen molar-refractivity contribution in [2.24, 2.45) is 0 Å². The zero-order valence-corrected chi connectivity index (χ0v) is 18.4. The molecule has 0 aliphatic rings. The second kappa shape index (κ2) is 9.38. The van der Waals surface area contributed by atoms with E-state index >= 15 is 0 Å². The van der Waals surface area contributed by atoms with Gasteiger partial charge >= 0.3 is 5.97 Å². The Hall–Kier alpha value is -3.07. The summed E-state index contributed by atoms with van der Waals surface area (Å²) in [6.07, 6.45) is 0. The van der Waals surface area contributed by atoms with Gasteiger partial charge in [-0.2, -0.15) is 0 Å². The first-order valence-corrected chi connectivity index (χ1v) is 11.0. The van der Waals surface area contributed by atoms with Gasteiger partial charge in [-0.1, -0.05) is 41.4 Å². The Bertz CT molecular complexity index is 1250. The van der Waals surface area contributed by atoms with Gasteiger partial charge in [0.1, 0.15) is 0 Å². The number of ether oxygens (including phenoxy) is 1. The van der Waals surface area contributed by atoms with Crippen molar-refractivity contribution in [1.29, 1.82) is 0 Å². The number of anilines is 2. The minimum atomic E-state index is -3.85. The van der Waals surface area contributed by atoms with Crippen LogP contribution in [-0.4, -0.2) is 27.4 Å². The molecule has 0 radical (unpaired) electrons. The van der Waals surface area contributed by atoms with Crippen LogP contribution in [0.4, 0.5) is 11.4 Å². The molecule has 0 unspecified atom stereocenters. The van der Waals surface area contributed by atoms with Crippen LogP contribution in [0, 0.1) is 0 Å². The molecule has 2 N–H and O–H groups in total. The van der Waals surface area contributed by atoms with Crippen molar-refractivity contribution in [3.05, 3.63) is 87.9 Å². The Balaban J connectivity index is 1.87. The number of esters is 1. The lowest BCUT2D eigenvalue weighted by molar-refractivity contribution is 0.0600. The number of amides is 1. The van der Waals surface area contributed by atoms with Crippen molar-refractivity contribution in [3.63, 3.8) is 0 Å². The Morgan fingerprint density at radius 2 is 1.58 bits per heavy atom. The molecule has 0 saturated carbocycles. The average molecular weight is 479 g/mol. The van der Waals surface area contributed by atoms with E-state index in [4.69, 9.17) is 23.2 Å². The van der Waals surface area contributed by atoms with Gasteiger partial charge in [0.05, 0.1) is 38.9 Å². The molecule has 0 aliphatic carbocycles. The van der Waals surface area contributed by atoms with Gasteiger partial charge in [-0.25, -0.2) is 13.2 Å². The molecule has 0 spiro atoms. The highest BCUT2D eigenvalue weighted by atomic mass is 35.5. The molecule has 0 heterocycles. The lowest BCUT2D eigenvalue weighted by atomic mass is 10.1. The van der Waals surface area contributed by atoms with Crippen molar-refractivity contribution in [2.45, 2.75) is 4.90 Å². The van der Waals surface area contributed by atoms with Crippen LogP contribution in [0.3, 0.4) is 0 Å². The zero-order chi connectivity index (χ0) is 22.6. The highest BCUT2D eigenvalue weighted by Crippen LogP contribution is 2.27. The fourth-order valence-electron chi connectivity index (χ4n) is 2.63. The molecule has 0 fully saturated rings. The molecule has 7 nitrogen and oxygen atoms in total. The van der Waals surface area contributed by atoms with E-state index in [0.717, 1.165) is 0 Å². The number of hydrogen-bond donors (Lipinski definition) is 2. The van der Waals surface area contributed by atoms with Gasteiger partial charge in [-0.15, -0.1) is 0 Å². The second-order valence-corrected chi connectivity index (χ2v) is 8.75. The largest absolute Gasteiger partial charge is 0.465 e. The number of carbonyl (C=O) groups excluding carboxylic acids is 2. The van der Waals surface area contributed by atoms with Gasteiger partial charge in [0, 0.05) is 5.69 Å². The van der Waals surface area contributed by atoms with Crippen molar-refractivity contribution in [2.75, 3.05) is 17.1 Å². The third kappa shape index (κ3) is 5.35. The van der Waals surface area contributed by atoms with Crippen LogP contribution in [0.1, 0.15) is 20.7 Å². The van der Waals surface area contributed by atoms with Crippen molar-refractivity contribution >= 4 is 56.5 Å². The summed E-state index contributed by atoms with van der Waals surface area (Å²) in [7, 11) is -2.62. The van der Waals surface area contributed by atoms with Gasteiger partial charge < -0.3 is 10.1 Å². The summed E-state index contributed by atoms with van der Waals surface area (Å²) in [6, 6.07) is 16.2. The van der Waals surface area contributed by atoms with Crippen molar-refractivity contribution in [1.82, 2.24) is 0 Å². The quantitative estimate of drug-likeness (QED) is 0.493. The number of sulfonamides is 1. The summed E-state index contributed by atoms with van der Waals surface area (Å²) < 4.78 is 32.1. The molecule has 0 atom stereocenters. The second-order valence-electron chi connectivity index (χ2n) is 6.25. The average Bonchev–Trinajstić information content (AvgIpc) is 2.76. The van der Waals surface area contributed by atoms with E-state index < -0.39 is 21.9 Å². The molecule has 1 amide bonds. The molecule has 3 aromatic rings. The van der Waals surface area contributed by atoms with Crippen molar-refractivity contribution in [3.8, 4) is 0 Å². The van der Waals surface area contributed by atoms with E-state index in [1.54, 1.807) is 18.2 Å². The van der Waals surface area contributed by atoms with E-state index in [2.05, 4.69) is 14.8 Å². The Morgan fingerprint density at radius 3 is 2.26 bits per heavy atom. The zero-order valence-electron chi connectivity index (χ0n) is 16.1. The lowest BCUT2D eigenvalue weighted by Gasteiger charge is -2.12. The van der Waals surface area contributed by atoms with Gasteiger partial charge in [0.25, 0.3) is 15.9 Å². The summed E-state index contributed by atoms with van der Waals surface area (Å²) in [5, 5.41) is 2.86. The van der Waals surface area contributed by atoms with Gasteiger partial charge in [0.15, 0.2) is 0 Å². The lowest BCUT2D eigenvalue weighted by Crippen LogP contribution is -2.16. The van der Waals surface area contributed by atoms with Gasteiger partial charge in [0.2, 0.25) is 0 Å². The fourth-order valence-corrected chi connectivity index (χ4v) is 4.07. The third-order valence-electron chi connectivity index (χ3n) is 4.15. The van der Waals surface area contributed by atoms with E-state index in [1.807, 2.05) is 0 Å². The van der Waals surface area contributed by atoms with Crippen LogP contribution >= 0.6 is 23.2 Å². The maximum Gasteiger partial charge on any atom is 0.337 e. The SMILES string of the molecule is COC(=O)c1ccc(Cl)c(NC(=O)c2cc(NS(=O)(=O)c3ccccc3)ccc2Cl)c1. The Labute approximate surface area is 189 Å². The summed E-state index contributed by atoms with van der Waals surface area (Å²) in [4.78, 5) is 24.6. The van der Waals surface area contributed by atoms with Gasteiger partial charge in [-0.05, 0) is 48.5 Å². The fraction of sp³-hybridized carbons (Fsp3) is 0.0476. The first kappa shape index (κ1) is 22.6. The molecular formula is C21H16Cl2N2O5S. The van der Waals surface area contributed by atoms with Crippen LogP contribution in [0.25, 0.3) is 0 Å². The normalized spacial score (nSPS) is 10.9. The Kier molecular flexibility index (Phi) is 6.84.